The highest BCUT2D eigenvalue weighted by Gasteiger charge is 2.24. The Kier molecular flexibility index (Phi) is 6.97. The summed E-state index contributed by atoms with van der Waals surface area (Å²) >= 11 is 0. The van der Waals surface area contributed by atoms with E-state index in [-0.39, 0.29) is 6.04 Å². The van der Waals surface area contributed by atoms with Gasteiger partial charge in [0.05, 0.1) is 18.4 Å². The molecule has 2 heterocycles. The third-order valence-electron chi connectivity index (χ3n) is 5.70. The number of nitrogens with zero attached hydrogens (tertiary/aromatic N) is 1. The van der Waals surface area contributed by atoms with Crippen LogP contribution in [0.3, 0.4) is 0 Å². The number of esters is 1. The van der Waals surface area contributed by atoms with Crippen LogP contribution < -0.4 is 10.6 Å². The zero-order valence-corrected chi connectivity index (χ0v) is 17.7. The summed E-state index contributed by atoms with van der Waals surface area (Å²) in [5.74, 6) is -0.109. The molecular formula is C22H29N3O5. The molecule has 8 nitrogen and oxygen atoms in total. The number of urea groups is 1. The minimum atomic E-state index is -0.659. The van der Waals surface area contributed by atoms with Gasteiger partial charge in [-0.1, -0.05) is 19.8 Å². The molecule has 0 aromatic carbocycles. The summed E-state index contributed by atoms with van der Waals surface area (Å²) in [7, 11) is 0. The fraction of sp³-hybridized carbons (Fsp3) is 0.500. The zero-order valence-electron chi connectivity index (χ0n) is 17.7. The van der Waals surface area contributed by atoms with Gasteiger partial charge < -0.3 is 19.0 Å². The van der Waals surface area contributed by atoms with Gasteiger partial charge in [0.1, 0.15) is 5.76 Å². The number of amides is 3. The van der Waals surface area contributed by atoms with Crippen molar-refractivity contribution in [1.29, 1.82) is 0 Å². The van der Waals surface area contributed by atoms with Crippen molar-refractivity contribution >= 4 is 17.9 Å². The van der Waals surface area contributed by atoms with Gasteiger partial charge >= 0.3 is 12.0 Å². The predicted octanol–water partition coefficient (Wildman–Crippen LogP) is 3.31. The SMILES string of the molecule is Cc1cc(C(=O)OCC(=O)NC(=O)N[C@H]2CCCC[C@H]2C)c(C)n1Cc1ccco1. The average molecular weight is 415 g/mol. The van der Waals surface area contributed by atoms with Gasteiger partial charge in [-0.15, -0.1) is 0 Å². The van der Waals surface area contributed by atoms with Crippen molar-refractivity contribution in [2.45, 2.75) is 59.0 Å². The second kappa shape index (κ2) is 9.65. The molecule has 0 unspecified atom stereocenters. The second-order valence-electron chi connectivity index (χ2n) is 7.92. The van der Waals surface area contributed by atoms with Crippen LogP contribution in [-0.2, 0) is 16.1 Å². The average Bonchev–Trinajstić information content (AvgIpc) is 3.31. The van der Waals surface area contributed by atoms with E-state index in [0.29, 0.717) is 18.0 Å². The molecule has 3 rings (SSSR count). The first-order valence-electron chi connectivity index (χ1n) is 10.3. The summed E-state index contributed by atoms with van der Waals surface area (Å²) in [6.45, 7) is 5.77. The van der Waals surface area contributed by atoms with Gasteiger partial charge in [0.15, 0.2) is 6.61 Å². The Bertz CT molecular complexity index is 900. The van der Waals surface area contributed by atoms with Crippen molar-refractivity contribution in [2.75, 3.05) is 6.61 Å². The van der Waals surface area contributed by atoms with Gasteiger partial charge in [-0.2, -0.15) is 0 Å². The predicted molar refractivity (Wildman–Crippen MR) is 110 cm³/mol. The Hall–Kier alpha value is -3.03. The van der Waals surface area contributed by atoms with Crippen LogP contribution in [0.4, 0.5) is 4.79 Å². The number of furan rings is 1. The van der Waals surface area contributed by atoms with Gasteiger partial charge in [-0.3, -0.25) is 10.1 Å². The molecule has 0 spiro atoms. The van der Waals surface area contributed by atoms with E-state index in [1.807, 2.05) is 30.5 Å². The number of carbonyl (C=O) groups is 3. The van der Waals surface area contributed by atoms with Crippen LogP contribution in [-0.4, -0.2) is 35.1 Å². The fourth-order valence-electron chi connectivity index (χ4n) is 3.92. The molecule has 0 saturated heterocycles. The standard InChI is InChI=1S/C22H29N3O5/c1-14-7-4-5-9-19(14)23-22(28)24-20(26)13-30-21(27)18-11-15(2)25(16(18)3)12-17-8-6-10-29-17/h6,8,10-11,14,19H,4-5,7,9,12-13H2,1-3H3,(H2,23,24,26,28)/t14-,19+/m1/s1. The third kappa shape index (κ3) is 5.31. The molecule has 0 aliphatic heterocycles. The van der Waals surface area contributed by atoms with Gasteiger partial charge in [0.25, 0.3) is 5.91 Å². The number of carbonyl (C=O) groups excluding carboxylic acids is 3. The van der Waals surface area contributed by atoms with Gasteiger partial charge in [0, 0.05) is 17.4 Å². The van der Waals surface area contributed by atoms with E-state index < -0.39 is 24.5 Å². The maximum absolute atomic E-state index is 12.4. The molecule has 162 valence electrons. The normalized spacial score (nSPS) is 18.6. The molecule has 2 aromatic heterocycles. The molecule has 0 bridgehead atoms. The highest BCUT2D eigenvalue weighted by atomic mass is 16.5. The van der Waals surface area contributed by atoms with Crippen LogP contribution in [0.25, 0.3) is 0 Å². The lowest BCUT2D eigenvalue weighted by molar-refractivity contribution is -0.123. The number of aromatic nitrogens is 1. The summed E-state index contributed by atoms with van der Waals surface area (Å²) in [6, 6.07) is 4.90. The van der Waals surface area contributed by atoms with Crippen LogP contribution >= 0.6 is 0 Å². The van der Waals surface area contributed by atoms with E-state index in [1.54, 1.807) is 12.3 Å². The van der Waals surface area contributed by atoms with Crippen LogP contribution in [0.2, 0.25) is 0 Å². The summed E-state index contributed by atoms with van der Waals surface area (Å²) in [5, 5.41) is 5.07. The molecule has 1 fully saturated rings. The highest BCUT2D eigenvalue weighted by molar-refractivity contribution is 5.97. The number of aryl methyl sites for hydroxylation is 1. The van der Waals surface area contributed by atoms with Gasteiger partial charge in [-0.05, 0) is 50.8 Å². The molecule has 3 amide bonds. The van der Waals surface area contributed by atoms with E-state index in [9.17, 15) is 14.4 Å². The molecule has 2 N–H and O–H groups in total. The number of hydrogen-bond donors (Lipinski definition) is 2. The van der Waals surface area contributed by atoms with Crippen molar-refractivity contribution in [3.05, 3.63) is 47.2 Å². The zero-order chi connectivity index (χ0) is 21.7. The first-order valence-corrected chi connectivity index (χ1v) is 10.3. The molecule has 1 aliphatic carbocycles. The van der Waals surface area contributed by atoms with Crippen LogP contribution in [0.5, 0.6) is 0 Å². The number of imide groups is 1. The second-order valence-corrected chi connectivity index (χ2v) is 7.92. The number of ether oxygens (including phenoxy) is 1. The molecular weight excluding hydrogens is 386 g/mol. The van der Waals surface area contributed by atoms with E-state index >= 15 is 0 Å². The molecule has 0 radical (unpaired) electrons. The Morgan fingerprint density at radius 3 is 2.70 bits per heavy atom. The van der Waals surface area contributed by atoms with Crippen molar-refractivity contribution in [3.8, 4) is 0 Å². The smallest absolute Gasteiger partial charge is 0.340 e. The van der Waals surface area contributed by atoms with Crippen molar-refractivity contribution in [3.63, 3.8) is 0 Å². The Balaban J connectivity index is 1.50. The lowest BCUT2D eigenvalue weighted by Gasteiger charge is -2.29. The quantitative estimate of drug-likeness (QED) is 0.705. The Morgan fingerprint density at radius 2 is 2.00 bits per heavy atom. The molecule has 8 heteroatoms. The Morgan fingerprint density at radius 1 is 1.23 bits per heavy atom. The van der Waals surface area contributed by atoms with Crippen LogP contribution in [0.15, 0.2) is 28.9 Å². The van der Waals surface area contributed by atoms with Crippen molar-refractivity contribution < 1.29 is 23.5 Å². The molecule has 2 aromatic rings. The van der Waals surface area contributed by atoms with Crippen LogP contribution in [0, 0.1) is 19.8 Å². The van der Waals surface area contributed by atoms with E-state index in [2.05, 4.69) is 17.6 Å². The monoisotopic (exact) mass is 415 g/mol. The van der Waals surface area contributed by atoms with Gasteiger partial charge in [0.2, 0.25) is 0 Å². The van der Waals surface area contributed by atoms with Crippen molar-refractivity contribution in [2.24, 2.45) is 5.92 Å². The van der Waals surface area contributed by atoms with E-state index in [4.69, 9.17) is 9.15 Å². The first-order chi connectivity index (χ1) is 14.3. The summed E-state index contributed by atoms with van der Waals surface area (Å²) in [4.78, 5) is 36.5. The summed E-state index contributed by atoms with van der Waals surface area (Å²) < 4.78 is 12.4. The maximum Gasteiger partial charge on any atom is 0.340 e. The number of hydrogen-bond acceptors (Lipinski definition) is 5. The van der Waals surface area contributed by atoms with E-state index in [1.165, 1.54) is 0 Å². The third-order valence-corrected chi connectivity index (χ3v) is 5.70. The van der Waals surface area contributed by atoms with E-state index in [0.717, 1.165) is 42.8 Å². The van der Waals surface area contributed by atoms with Crippen molar-refractivity contribution in [1.82, 2.24) is 15.2 Å². The largest absolute Gasteiger partial charge is 0.467 e. The van der Waals surface area contributed by atoms with Crippen LogP contribution in [0.1, 0.15) is 60.1 Å². The summed E-state index contributed by atoms with van der Waals surface area (Å²) in [6.07, 6.45) is 5.81. The minimum absolute atomic E-state index is 0.0636. The molecule has 1 saturated carbocycles. The fourth-order valence-corrected chi connectivity index (χ4v) is 3.92. The van der Waals surface area contributed by atoms with Gasteiger partial charge in [-0.25, -0.2) is 9.59 Å². The maximum atomic E-state index is 12.4. The Labute approximate surface area is 176 Å². The lowest BCUT2D eigenvalue weighted by Crippen LogP contribution is -2.48. The number of nitrogens with one attached hydrogen (secondary N) is 2. The first kappa shape index (κ1) is 21.7. The minimum Gasteiger partial charge on any atom is -0.467 e. The number of rotatable bonds is 6. The molecule has 30 heavy (non-hydrogen) atoms. The highest BCUT2D eigenvalue weighted by Crippen LogP contribution is 2.23. The molecule has 1 aliphatic rings. The topological polar surface area (TPSA) is 103 Å². The lowest BCUT2D eigenvalue weighted by atomic mass is 9.86. The summed E-state index contributed by atoms with van der Waals surface area (Å²) in [5.41, 5.74) is 1.98. The molecule has 2 atom stereocenters.